The van der Waals surface area contributed by atoms with Crippen LogP contribution in [-0.4, -0.2) is 15.0 Å². The van der Waals surface area contributed by atoms with Crippen molar-refractivity contribution in [1.29, 1.82) is 0 Å². The molecule has 1 aromatic carbocycles. The number of nitrogens with two attached hydrogens (primary N) is 1. The standard InChI is InChI=1S/C13H20N2O2S/c1-13(2)7-11(13)9-15-18(16,17)12-5-3-4-10(6-12)8-14/h3-6,11,15H,7-9,14H2,1-2H3. The summed E-state index contributed by atoms with van der Waals surface area (Å²) in [5.74, 6) is 0.449. The van der Waals surface area contributed by atoms with Crippen LogP contribution in [0.4, 0.5) is 0 Å². The van der Waals surface area contributed by atoms with Crippen molar-refractivity contribution in [2.24, 2.45) is 17.1 Å². The summed E-state index contributed by atoms with van der Waals surface area (Å²) in [5, 5.41) is 0. The van der Waals surface area contributed by atoms with Crippen molar-refractivity contribution in [2.45, 2.75) is 31.7 Å². The van der Waals surface area contributed by atoms with E-state index >= 15 is 0 Å². The first-order valence-corrected chi connectivity index (χ1v) is 7.62. The molecule has 1 saturated carbocycles. The maximum absolute atomic E-state index is 12.1. The van der Waals surface area contributed by atoms with Crippen molar-refractivity contribution < 1.29 is 8.42 Å². The van der Waals surface area contributed by atoms with Gasteiger partial charge in [-0.2, -0.15) is 0 Å². The summed E-state index contributed by atoms with van der Waals surface area (Å²) < 4.78 is 26.9. The summed E-state index contributed by atoms with van der Waals surface area (Å²) in [5.41, 5.74) is 6.62. The molecule has 0 aromatic heterocycles. The first-order chi connectivity index (χ1) is 8.35. The molecule has 1 fully saturated rings. The molecule has 1 aromatic rings. The summed E-state index contributed by atoms with van der Waals surface area (Å²) in [6.07, 6.45) is 1.08. The molecule has 0 radical (unpaired) electrons. The molecular formula is C13H20N2O2S. The highest BCUT2D eigenvalue weighted by atomic mass is 32.2. The van der Waals surface area contributed by atoms with Crippen LogP contribution in [0.1, 0.15) is 25.8 Å². The van der Waals surface area contributed by atoms with Gasteiger partial charge in [0, 0.05) is 13.1 Å². The lowest BCUT2D eigenvalue weighted by Gasteiger charge is -2.08. The van der Waals surface area contributed by atoms with Gasteiger partial charge < -0.3 is 5.73 Å². The molecule has 18 heavy (non-hydrogen) atoms. The Morgan fingerprint density at radius 2 is 2.11 bits per heavy atom. The van der Waals surface area contributed by atoms with Crippen molar-refractivity contribution >= 4 is 10.0 Å². The Balaban J connectivity index is 2.06. The number of rotatable bonds is 5. The van der Waals surface area contributed by atoms with Crippen LogP contribution in [0.25, 0.3) is 0 Å². The third-order valence-corrected chi connectivity index (χ3v) is 5.10. The highest BCUT2D eigenvalue weighted by Gasteiger charge is 2.45. The maximum Gasteiger partial charge on any atom is 0.240 e. The first-order valence-electron chi connectivity index (χ1n) is 6.14. The van der Waals surface area contributed by atoms with Crippen LogP contribution in [-0.2, 0) is 16.6 Å². The summed E-state index contributed by atoms with van der Waals surface area (Å²) in [6, 6.07) is 6.76. The van der Waals surface area contributed by atoms with E-state index in [2.05, 4.69) is 18.6 Å². The van der Waals surface area contributed by atoms with Gasteiger partial charge in [0.25, 0.3) is 0 Å². The summed E-state index contributed by atoms with van der Waals surface area (Å²) in [4.78, 5) is 0.295. The SMILES string of the molecule is CC1(C)CC1CNS(=O)(=O)c1cccc(CN)c1. The van der Waals surface area contributed by atoms with Gasteiger partial charge in [0.2, 0.25) is 10.0 Å². The van der Waals surface area contributed by atoms with Crippen molar-refractivity contribution in [1.82, 2.24) is 4.72 Å². The molecule has 0 aliphatic heterocycles. The van der Waals surface area contributed by atoms with Gasteiger partial charge in [-0.25, -0.2) is 13.1 Å². The van der Waals surface area contributed by atoms with E-state index in [1.165, 1.54) is 0 Å². The Morgan fingerprint density at radius 3 is 2.67 bits per heavy atom. The normalized spacial score (nSPS) is 21.8. The van der Waals surface area contributed by atoms with Gasteiger partial charge in [-0.3, -0.25) is 0 Å². The molecule has 1 aliphatic carbocycles. The fourth-order valence-corrected chi connectivity index (χ4v) is 3.21. The summed E-state index contributed by atoms with van der Waals surface area (Å²) >= 11 is 0. The second kappa shape index (κ2) is 4.64. The van der Waals surface area contributed by atoms with Crippen molar-refractivity contribution in [2.75, 3.05) is 6.54 Å². The van der Waals surface area contributed by atoms with Crippen LogP contribution in [0.15, 0.2) is 29.2 Å². The van der Waals surface area contributed by atoms with Crippen molar-refractivity contribution in [3.8, 4) is 0 Å². The minimum absolute atomic E-state index is 0.279. The first kappa shape index (κ1) is 13.5. The zero-order chi connectivity index (χ0) is 13.4. The minimum Gasteiger partial charge on any atom is -0.326 e. The number of hydrogen-bond donors (Lipinski definition) is 2. The van der Waals surface area contributed by atoms with Crippen LogP contribution in [0, 0.1) is 11.3 Å². The van der Waals surface area contributed by atoms with Gasteiger partial charge >= 0.3 is 0 Å². The minimum atomic E-state index is -3.40. The molecule has 2 rings (SSSR count). The van der Waals surface area contributed by atoms with Crippen LogP contribution in [0.5, 0.6) is 0 Å². The second-order valence-electron chi connectivity index (χ2n) is 5.59. The van der Waals surface area contributed by atoms with Gasteiger partial charge in [-0.1, -0.05) is 26.0 Å². The second-order valence-corrected chi connectivity index (χ2v) is 7.36. The van der Waals surface area contributed by atoms with E-state index in [-0.39, 0.29) is 5.41 Å². The van der Waals surface area contributed by atoms with E-state index in [1.807, 2.05) is 6.07 Å². The number of nitrogens with one attached hydrogen (secondary N) is 1. The Morgan fingerprint density at radius 1 is 1.44 bits per heavy atom. The van der Waals surface area contributed by atoms with Gasteiger partial charge in [0.1, 0.15) is 0 Å². The monoisotopic (exact) mass is 268 g/mol. The lowest BCUT2D eigenvalue weighted by molar-refractivity contribution is 0.537. The van der Waals surface area contributed by atoms with Crippen LogP contribution in [0.3, 0.4) is 0 Å². The molecular weight excluding hydrogens is 248 g/mol. The predicted octanol–water partition coefficient (Wildman–Crippen LogP) is 1.47. The van der Waals surface area contributed by atoms with E-state index in [4.69, 9.17) is 5.73 Å². The molecule has 0 heterocycles. The molecule has 3 N–H and O–H groups in total. The predicted molar refractivity (Wildman–Crippen MR) is 71.4 cm³/mol. The Bertz CT molecular complexity index is 538. The molecule has 4 nitrogen and oxygen atoms in total. The van der Waals surface area contributed by atoms with E-state index in [0.717, 1.165) is 12.0 Å². The third-order valence-electron chi connectivity index (χ3n) is 3.68. The summed E-state index contributed by atoms with van der Waals surface area (Å²) in [7, 11) is -3.40. The average Bonchev–Trinajstić information content (AvgIpc) is 2.95. The molecule has 5 heteroatoms. The molecule has 0 bridgehead atoms. The van der Waals surface area contributed by atoms with Crippen molar-refractivity contribution in [3.05, 3.63) is 29.8 Å². The molecule has 1 unspecified atom stereocenters. The van der Waals surface area contributed by atoms with E-state index < -0.39 is 10.0 Å². The Labute approximate surface area is 109 Å². The van der Waals surface area contributed by atoms with Crippen LogP contribution in [0.2, 0.25) is 0 Å². The summed E-state index contributed by atoms with van der Waals surface area (Å²) in [6.45, 7) is 5.17. The van der Waals surface area contributed by atoms with Gasteiger partial charge in [-0.15, -0.1) is 0 Å². The number of benzene rings is 1. The number of hydrogen-bond acceptors (Lipinski definition) is 3. The van der Waals surface area contributed by atoms with Crippen LogP contribution < -0.4 is 10.5 Å². The highest BCUT2D eigenvalue weighted by Crippen LogP contribution is 2.51. The molecule has 0 amide bonds. The van der Waals surface area contributed by atoms with Crippen LogP contribution >= 0.6 is 0 Å². The third kappa shape index (κ3) is 2.91. The molecule has 1 atom stereocenters. The highest BCUT2D eigenvalue weighted by molar-refractivity contribution is 7.89. The largest absolute Gasteiger partial charge is 0.326 e. The zero-order valence-corrected chi connectivity index (χ0v) is 11.6. The molecule has 1 aliphatic rings. The molecule has 0 spiro atoms. The topological polar surface area (TPSA) is 72.2 Å². The maximum atomic E-state index is 12.1. The quantitative estimate of drug-likeness (QED) is 0.849. The fourth-order valence-electron chi connectivity index (χ4n) is 2.06. The molecule has 100 valence electrons. The Kier molecular flexibility index (Phi) is 3.49. The van der Waals surface area contributed by atoms with E-state index in [9.17, 15) is 8.42 Å². The van der Waals surface area contributed by atoms with Gasteiger partial charge in [0.05, 0.1) is 4.90 Å². The van der Waals surface area contributed by atoms with Gasteiger partial charge in [0.15, 0.2) is 0 Å². The lowest BCUT2D eigenvalue weighted by atomic mass is 10.1. The smallest absolute Gasteiger partial charge is 0.240 e. The fraction of sp³-hybridized carbons (Fsp3) is 0.538. The van der Waals surface area contributed by atoms with E-state index in [1.54, 1.807) is 18.2 Å². The zero-order valence-electron chi connectivity index (χ0n) is 10.8. The average molecular weight is 268 g/mol. The number of sulfonamides is 1. The molecule has 0 saturated heterocycles. The van der Waals surface area contributed by atoms with Gasteiger partial charge in [-0.05, 0) is 35.4 Å². The lowest BCUT2D eigenvalue weighted by Crippen LogP contribution is -2.27. The van der Waals surface area contributed by atoms with Crippen molar-refractivity contribution in [3.63, 3.8) is 0 Å². The Hall–Kier alpha value is -0.910. The van der Waals surface area contributed by atoms with E-state index in [0.29, 0.717) is 23.9 Å².